The number of hydrogen-bond acceptors (Lipinski definition) is 2. The molecule has 2 heterocycles. The Bertz CT molecular complexity index is 1180. The third-order valence-corrected chi connectivity index (χ3v) is 7.18. The molecule has 0 spiro atoms. The van der Waals surface area contributed by atoms with Crippen LogP contribution in [0.4, 0.5) is 0 Å². The number of likely N-dealkylation sites (tertiary alicyclic amines) is 1. The van der Waals surface area contributed by atoms with Crippen molar-refractivity contribution in [1.29, 1.82) is 5.26 Å². The largest absolute Gasteiger partial charge is 0.353 e. The molecule has 2 aliphatic rings. The molecule has 2 aromatic carbocycles. The van der Waals surface area contributed by atoms with Gasteiger partial charge in [0.05, 0.1) is 12.0 Å². The Labute approximate surface area is 209 Å². The number of nitriles is 1. The van der Waals surface area contributed by atoms with Crippen molar-refractivity contribution in [2.24, 2.45) is 7.05 Å². The minimum Gasteiger partial charge on any atom is -0.353 e. The Kier molecular flexibility index (Phi) is 7.73. The van der Waals surface area contributed by atoms with E-state index in [4.69, 9.17) is 0 Å². The Balaban J connectivity index is 0.00000274. The maximum atomic E-state index is 9.63. The topological polar surface area (TPSA) is 32.0 Å². The maximum absolute atomic E-state index is 9.63. The lowest BCUT2D eigenvalue weighted by molar-refractivity contribution is 0.250. The summed E-state index contributed by atoms with van der Waals surface area (Å²) in [6.07, 6.45) is 10.7. The average molecular weight is 470 g/mol. The number of aryl methyl sites for hydroxylation is 1. The molecule has 34 heavy (non-hydrogen) atoms. The maximum Gasteiger partial charge on any atom is 0.0865 e. The average Bonchev–Trinajstić information content (AvgIpc) is 3.20. The van der Waals surface area contributed by atoms with Gasteiger partial charge in [0.1, 0.15) is 0 Å². The molecule has 5 rings (SSSR count). The summed E-state index contributed by atoms with van der Waals surface area (Å²) in [5.41, 5.74) is 9.49. The minimum atomic E-state index is -0.0149. The highest BCUT2D eigenvalue weighted by Crippen LogP contribution is 2.38. The van der Waals surface area contributed by atoms with E-state index in [1.807, 2.05) is 19.3 Å². The standard InChI is InChI=1S/C30H31N3.ClH/c1-32-18-7-13-29(32)26(22-31)10-6-19-33-20-16-25(17-21-33)30-27-11-4-2-8-23(27)14-15-24-9-3-5-12-28(24)30;/h2-5,7-9,11-15,18,26H,6,10,16-17,19-21H2,1H3;1H. The van der Waals surface area contributed by atoms with Gasteiger partial charge in [-0.2, -0.15) is 5.26 Å². The summed E-state index contributed by atoms with van der Waals surface area (Å²) in [5, 5.41) is 9.63. The molecule has 1 saturated heterocycles. The Hall–Kier alpha value is -3.06. The number of halogens is 1. The van der Waals surface area contributed by atoms with Gasteiger partial charge in [-0.3, -0.25) is 0 Å². The van der Waals surface area contributed by atoms with Crippen LogP contribution in [0.25, 0.3) is 17.7 Å². The van der Waals surface area contributed by atoms with Crippen LogP contribution in [0.2, 0.25) is 0 Å². The predicted molar refractivity (Wildman–Crippen MR) is 144 cm³/mol. The van der Waals surface area contributed by atoms with Crippen molar-refractivity contribution in [3.8, 4) is 6.07 Å². The zero-order valence-corrected chi connectivity index (χ0v) is 20.6. The van der Waals surface area contributed by atoms with Crippen LogP contribution in [0, 0.1) is 11.3 Å². The first-order valence-electron chi connectivity index (χ1n) is 12.1. The predicted octanol–water partition coefficient (Wildman–Crippen LogP) is 6.92. The zero-order valence-electron chi connectivity index (χ0n) is 19.8. The Morgan fingerprint density at radius 2 is 1.50 bits per heavy atom. The van der Waals surface area contributed by atoms with Crippen LogP contribution in [-0.4, -0.2) is 29.1 Å². The van der Waals surface area contributed by atoms with Gasteiger partial charge in [-0.15, -0.1) is 12.4 Å². The summed E-state index contributed by atoms with van der Waals surface area (Å²) in [7, 11) is 2.03. The van der Waals surface area contributed by atoms with Crippen molar-refractivity contribution in [3.05, 3.63) is 100 Å². The number of nitrogens with zero attached hydrogens (tertiary/aromatic N) is 3. The minimum absolute atomic E-state index is 0. The second-order valence-electron chi connectivity index (χ2n) is 9.20. The van der Waals surface area contributed by atoms with E-state index in [0.29, 0.717) is 0 Å². The fourth-order valence-corrected chi connectivity index (χ4v) is 5.38. The molecule has 0 radical (unpaired) electrons. The number of hydrogen-bond donors (Lipinski definition) is 0. The molecule has 1 atom stereocenters. The first-order chi connectivity index (χ1) is 16.2. The van der Waals surface area contributed by atoms with Crippen molar-refractivity contribution in [2.75, 3.05) is 19.6 Å². The van der Waals surface area contributed by atoms with E-state index in [1.54, 1.807) is 5.57 Å². The number of rotatable bonds is 5. The Morgan fingerprint density at radius 3 is 2.06 bits per heavy atom. The summed E-state index contributed by atoms with van der Waals surface area (Å²) < 4.78 is 2.07. The van der Waals surface area contributed by atoms with Crippen LogP contribution in [-0.2, 0) is 7.05 Å². The fraction of sp³-hybridized carbons (Fsp3) is 0.300. The summed E-state index contributed by atoms with van der Waals surface area (Å²) in [6.45, 7) is 3.26. The highest BCUT2D eigenvalue weighted by molar-refractivity contribution is 5.94. The molecule has 0 N–H and O–H groups in total. The molecule has 4 heteroatoms. The van der Waals surface area contributed by atoms with E-state index in [1.165, 1.54) is 27.8 Å². The lowest BCUT2D eigenvalue weighted by Gasteiger charge is -2.30. The van der Waals surface area contributed by atoms with Crippen LogP contribution in [0.1, 0.15) is 59.5 Å². The van der Waals surface area contributed by atoms with Crippen molar-refractivity contribution < 1.29 is 0 Å². The number of piperidine rings is 1. The van der Waals surface area contributed by atoms with Crippen LogP contribution < -0.4 is 0 Å². The SMILES string of the molecule is Cl.Cn1cccc1C(C#N)CCCN1CCC(=C2c3ccccc3C=Cc3ccccc32)CC1. The molecule has 174 valence electrons. The quantitative estimate of drug-likeness (QED) is 0.318. The van der Waals surface area contributed by atoms with Gasteiger partial charge in [0, 0.05) is 32.0 Å². The van der Waals surface area contributed by atoms with E-state index in [2.05, 4.69) is 82.3 Å². The van der Waals surface area contributed by atoms with Crippen molar-refractivity contribution in [3.63, 3.8) is 0 Å². The smallest absolute Gasteiger partial charge is 0.0865 e. The second-order valence-corrected chi connectivity index (χ2v) is 9.20. The molecule has 0 amide bonds. The lowest BCUT2D eigenvalue weighted by Crippen LogP contribution is -2.32. The van der Waals surface area contributed by atoms with Gasteiger partial charge < -0.3 is 9.47 Å². The van der Waals surface area contributed by atoms with Gasteiger partial charge in [0.15, 0.2) is 0 Å². The Morgan fingerprint density at radius 1 is 0.882 bits per heavy atom. The van der Waals surface area contributed by atoms with Crippen molar-refractivity contribution in [2.45, 2.75) is 31.6 Å². The highest BCUT2D eigenvalue weighted by Gasteiger charge is 2.22. The molecular formula is C30H32ClN3. The second kappa shape index (κ2) is 10.9. The van der Waals surface area contributed by atoms with Crippen LogP contribution in [0.15, 0.2) is 72.4 Å². The van der Waals surface area contributed by atoms with E-state index in [0.717, 1.165) is 51.0 Å². The molecule has 0 saturated carbocycles. The highest BCUT2D eigenvalue weighted by atomic mass is 35.5. The molecule has 3 aromatic rings. The first kappa shape index (κ1) is 24.1. The van der Waals surface area contributed by atoms with E-state index in [9.17, 15) is 5.26 Å². The number of aromatic nitrogens is 1. The van der Waals surface area contributed by atoms with Crippen LogP contribution in [0.5, 0.6) is 0 Å². The third-order valence-electron chi connectivity index (χ3n) is 7.18. The van der Waals surface area contributed by atoms with Gasteiger partial charge in [-0.1, -0.05) is 66.3 Å². The van der Waals surface area contributed by atoms with E-state index < -0.39 is 0 Å². The van der Waals surface area contributed by atoms with E-state index >= 15 is 0 Å². The van der Waals surface area contributed by atoms with Crippen LogP contribution >= 0.6 is 12.4 Å². The van der Waals surface area contributed by atoms with Gasteiger partial charge in [0.25, 0.3) is 0 Å². The molecular weight excluding hydrogens is 438 g/mol. The van der Waals surface area contributed by atoms with Gasteiger partial charge in [-0.05, 0) is 72.2 Å². The normalized spacial score (nSPS) is 16.1. The monoisotopic (exact) mass is 469 g/mol. The first-order valence-corrected chi connectivity index (χ1v) is 12.1. The van der Waals surface area contributed by atoms with Gasteiger partial charge >= 0.3 is 0 Å². The summed E-state index contributed by atoms with van der Waals surface area (Å²) in [6, 6.07) is 24.2. The molecule has 1 fully saturated rings. The summed E-state index contributed by atoms with van der Waals surface area (Å²) in [5.74, 6) is -0.0149. The van der Waals surface area contributed by atoms with Crippen molar-refractivity contribution >= 4 is 30.1 Å². The summed E-state index contributed by atoms with van der Waals surface area (Å²) in [4.78, 5) is 2.58. The number of benzene rings is 2. The fourth-order valence-electron chi connectivity index (χ4n) is 5.38. The lowest BCUT2D eigenvalue weighted by atomic mass is 9.86. The molecule has 1 aromatic heterocycles. The van der Waals surface area contributed by atoms with Crippen molar-refractivity contribution in [1.82, 2.24) is 9.47 Å². The van der Waals surface area contributed by atoms with E-state index in [-0.39, 0.29) is 18.3 Å². The summed E-state index contributed by atoms with van der Waals surface area (Å²) >= 11 is 0. The van der Waals surface area contributed by atoms with Gasteiger partial charge in [0.2, 0.25) is 0 Å². The van der Waals surface area contributed by atoms with Gasteiger partial charge in [-0.25, -0.2) is 0 Å². The van der Waals surface area contributed by atoms with Crippen LogP contribution in [0.3, 0.4) is 0 Å². The molecule has 1 aliphatic carbocycles. The molecule has 1 aliphatic heterocycles. The number of fused-ring (bicyclic) bond motifs is 2. The molecule has 3 nitrogen and oxygen atoms in total. The molecule has 1 unspecified atom stereocenters. The molecule has 0 bridgehead atoms. The third kappa shape index (κ3) is 4.89. The zero-order chi connectivity index (χ0) is 22.6.